The molecule has 3 heterocycles. The van der Waals surface area contributed by atoms with E-state index in [4.69, 9.17) is 17.0 Å². The van der Waals surface area contributed by atoms with Gasteiger partial charge in [-0.3, -0.25) is 18.9 Å². The van der Waals surface area contributed by atoms with Crippen molar-refractivity contribution in [1.82, 2.24) is 14.3 Å². The third-order valence-corrected chi connectivity index (χ3v) is 5.92. The molecule has 1 saturated heterocycles. The van der Waals surface area contributed by atoms with Crippen LogP contribution in [0.15, 0.2) is 52.3 Å². The van der Waals surface area contributed by atoms with E-state index in [0.717, 1.165) is 17.3 Å². The zero-order chi connectivity index (χ0) is 21.4. The number of halogens is 1. The number of pyridine rings is 1. The molecule has 0 unspecified atom stereocenters. The Morgan fingerprint density at radius 1 is 1.23 bits per heavy atom. The molecular formula is C21H16FN3O3S2. The summed E-state index contributed by atoms with van der Waals surface area (Å²) >= 11 is 6.37. The molecule has 0 saturated carbocycles. The van der Waals surface area contributed by atoms with Gasteiger partial charge < -0.3 is 4.74 Å². The van der Waals surface area contributed by atoms with E-state index in [1.54, 1.807) is 12.3 Å². The molecule has 1 amide bonds. The molecule has 1 fully saturated rings. The van der Waals surface area contributed by atoms with Crippen LogP contribution < -0.4 is 10.3 Å². The van der Waals surface area contributed by atoms with Crippen LogP contribution in [0.25, 0.3) is 11.7 Å². The molecule has 3 aromatic rings. The fourth-order valence-electron chi connectivity index (χ4n) is 3.01. The summed E-state index contributed by atoms with van der Waals surface area (Å²) in [6.45, 7) is 4.09. The Bertz CT molecular complexity index is 1270. The van der Waals surface area contributed by atoms with E-state index in [9.17, 15) is 14.0 Å². The number of carbonyl (C=O) groups excluding carboxylic acids is 1. The quantitative estimate of drug-likeness (QED) is 0.448. The molecule has 4 rings (SSSR count). The molecule has 0 spiro atoms. The predicted octanol–water partition coefficient (Wildman–Crippen LogP) is 4.16. The zero-order valence-corrected chi connectivity index (χ0v) is 17.7. The molecule has 1 aliphatic rings. The number of hydrogen-bond acceptors (Lipinski definition) is 6. The maximum atomic E-state index is 13.3. The highest BCUT2D eigenvalue weighted by Gasteiger charge is 2.31. The van der Waals surface area contributed by atoms with Gasteiger partial charge in [-0.15, -0.1) is 0 Å². The summed E-state index contributed by atoms with van der Waals surface area (Å²) < 4.78 is 20.9. The number of fused-ring (bicyclic) bond motifs is 1. The van der Waals surface area contributed by atoms with Crippen molar-refractivity contribution in [1.29, 1.82) is 0 Å². The van der Waals surface area contributed by atoms with Gasteiger partial charge in [0.15, 0.2) is 0 Å². The SMILES string of the molecule is CCN1C(=O)/C(=C\c2c(Oc3ccc(F)cc3)nc3c(C)cccn3c2=O)SC1=S. The highest BCUT2D eigenvalue weighted by Crippen LogP contribution is 2.34. The predicted molar refractivity (Wildman–Crippen MR) is 118 cm³/mol. The summed E-state index contributed by atoms with van der Waals surface area (Å²) in [6.07, 6.45) is 3.06. The molecule has 9 heteroatoms. The standard InChI is InChI=1S/C21H16FN3O3S2/c1-3-24-20(27)16(30-21(24)29)11-15-18(28-14-8-6-13(22)7-9-14)23-17-12(2)5-4-10-25(17)19(15)26/h4-11H,3H2,1-2H3/b16-11+. The van der Waals surface area contributed by atoms with E-state index in [0.29, 0.717) is 27.2 Å². The number of amides is 1. The number of thiocarbonyl (C=S) groups is 1. The minimum absolute atomic E-state index is 0.0303. The van der Waals surface area contributed by atoms with Gasteiger partial charge in [0.05, 0.1) is 4.91 Å². The lowest BCUT2D eigenvalue weighted by Crippen LogP contribution is -2.27. The topological polar surface area (TPSA) is 63.9 Å². The largest absolute Gasteiger partial charge is 0.438 e. The molecule has 30 heavy (non-hydrogen) atoms. The minimum Gasteiger partial charge on any atom is -0.438 e. The molecule has 6 nitrogen and oxygen atoms in total. The molecule has 1 aromatic carbocycles. The maximum absolute atomic E-state index is 13.3. The van der Waals surface area contributed by atoms with E-state index < -0.39 is 5.82 Å². The Labute approximate surface area is 181 Å². The van der Waals surface area contributed by atoms with Gasteiger partial charge in [-0.25, -0.2) is 4.39 Å². The second-order valence-electron chi connectivity index (χ2n) is 6.50. The normalized spacial score (nSPS) is 15.4. The molecule has 0 radical (unpaired) electrons. The number of carbonyl (C=O) groups is 1. The van der Waals surface area contributed by atoms with Crippen LogP contribution in [0.2, 0.25) is 0 Å². The first-order valence-corrected chi connectivity index (χ1v) is 10.3. The van der Waals surface area contributed by atoms with Gasteiger partial charge in [-0.2, -0.15) is 4.98 Å². The number of rotatable bonds is 4. The summed E-state index contributed by atoms with van der Waals surface area (Å²) in [7, 11) is 0. The number of thioether (sulfide) groups is 1. The van der Waals surface area contributed by atoms with Gasteiger partial charge in [0.1, 0.15) is 27.1 Å². The number of benzene rings is 1. The summed E-state index contributed by atoms with van der Waals surface area (Å²) in [6, 6.07) is 8.96. The van der Waals surface area contributed by atoms with Crippen molar-refractivity contribution in [2.24, 2.45) is 0 Å². The van der Waals surface area contributed by atoms with Crippen LogP contribution in [0.4, 0.5) is 4.39 Å². The Balaban J connectivity index is 1.90. The fraction of sp³-hybridized carbons (Fsp3) is 0.143. The van der Waals surface area contributed by atoms with Crippen molar-refractivity contribution in [3.8, 4) is 11.6 Å². The summed E-state index contributed by atoms with van der Waals surface area (Å²) in [5.74, 6) is -0.332. The molecule has 1 aliphatic heterocycles. The van der Waals surface area contributed by atoms with E-state index in [1.165, 1.54) is 39.6 Å². The third-order valence-electron chi connectivity index (χ3n) is 4.54. The second-order valence-corrected chi connectivity index (χ2v) is 8.18. The van der Waals surface area contributed by atoms with Crippen LogP contribution in [-0.4, -0.2) is 31.1 Å². The van der Waals surface area contributed by atoms with Crippen LogP contribution in [0.3, 0.4) is 0 Å². The summed E-state index contributed by atoms with van der Waals surface area (Å²) in [5.41, 5.74) is 0.932. The highest BCUT2D eigenvalue weighted by molar-refractivity contribution is 8.26. The van der Waals surface area contributed by atoms with Crippen molar-refractivity contribution < 1.29 is 13.9 Å². The van der Waals surface area contributed by atoms with Crippen LogP contribution >= 0.6 is 24.0 Å². The number of hydrogen-bond donors (Lipinski definition) is 0. The average molecular weight is 442 g/mol. The first-order valence-electron chi connectivity index (χ1n) is 9.10. The number of aryl methyl sites for hydroxylation is 1. The molecule has 0 aliphatic carbocycles. The van der Waals surface area contributed by atoms with E-state index in [-0.39, 0.29) is 22.9 Å². The van der Waals surface area contributed by atoms with Crippen molar-refractivity contribution in [2.75, 3.05) is 6.54 Å². The number of likely N-dealkylation sites (N-methyl/N-ethyl adjacent to an activating group) is 1. The van der Waals surface area contributed by atoms with Crippen molar-refractivity contribution in [3.05, 3.63) is 74.8 Å². The van der Waals surface area contributed by atoms with Crippen molar-refractivity contribution >= 4 is 45.9 Å². The van der Waals surface area contributed by atoms with E-state index in [2.05, 4.69) is 4.98 Å². The first kappa shape index (κ1) is 20.2. The first-order chi connectivity index (χ1) is 14.4. The van der Waals surface area contributed by atoms with Gasteiger partial charge in [0.25, 0.3) is 11.5 Å². The van der Waals surface area contributed by atoms with Gasteiger partial charge in [-0.1, -0.05) is 30.0 Å². The average Bonchev–Trinajstić information content (AvgIpc) is 2.99. The highest BCUT2D eigenvalue weighted by atomic mass is 32.2. The zero-order valence-electron chi connectivity index (χ0n) is 16.1. The van der Waals surface area contributed by atoms with Gasteiger partial charge in [0, 0.05) is 12.7 Å². The lowest BCUT2D eigenvalue weighted by atomic mass is 10.2. The Morgan fingerprint density at radius 3 is 2.63 bits per heavy atom. The third kappa shape index (κ3) is 3.61. The monoisotopic (exact) mass is 441 g/mol. The van der Waals surface area contributed by atoms with Crippen LogP contribution in [-0.2, 0) is 4.79 Å². The Kier molecular flexibility index (Phi) is 5.40. The molecule has 2 aromatic heterocycles. The maximum Gasteiger partial charge on any atom is 0.269 e. The van der Waals surface area contributed by atoms with Crippen LogP contribution in [0.1, 0.15) is 18.1 Å². The van der Waals surface area contributed by atoms with Crippen molar-refractivity contribution in [2.45, 2.75) is 13.8 Å². The van der Waals surface area contributed by atoms with Crippen LogP contribution in [0, 0.1) is 12.7 Å². The van der Waals surface area contributed by atoms with E-state index >= 15 is 0 Å². The number of nitrogens with zero attached hydrogens (tertiary/aromatic N) is 3. The van der Waals surface area contributed by atoms with Crippen LogP contribution in [0.5, 0.6) is 11.6 Å². The summed E-state index contributed by atoms with van der Waals surface area (Å²) in [5, 5.41) is 0. The Morgan fingerprint density at radius 2 is 1.97 bits per heavy atom. The Hall–Kier alpha value is -3.04. The fourth-order valence-corrected chi connectivity index (χ4v) is 4.38. The van der Waals surface area contributed by atoms with Gasteiger partial charge >= 0.3 is 0 Å². The number of aromatic nitrogens is 2. The minimum atomic E-state index is -0.409. The van der Waals surface area contributed by atoms with Gasteiger partial charge in [0.2, 0.25) is 5.88 Å². The lowest BCUT2D eigenvalue weighted by Gasteiger charge is -2.12. The lowest BCUT2D eigenvalue weighted by molar-refractivity contribution is -0.121. The molecule has 0 N–H and O–H groups in total. The molecular weight excluding hydrogens is 425 g/mol. The second kappa shape index (κ2) is 8.00. The van der Waals surface area contributed by atoms with Crippen molar-refractivity contribution in [3.63, 3.8) is 0 Å². The van der Waals surface area contributed by atoms with E-state index in [1.807, 2.05) is 19.9 Å². The number of ether oxygens (including phenoxy) is 1. The van der Waals surface area contributed by atoms with Gasteiger partial charge in [-0.05, 0) is 55.8 Å². The summed E-state index contributed by atoms with van der Waals surface area (Å²) in [4.78, 5) is 32.2. The smallest absolute Gasteiger partial charge is 0.269 e. The molecule has 0 atom stereocenters. The molecule has 0 bridgehead atoms. The molecule has 152 valence electrons.